The molecule has 11 heteroatoms. The van der Waals surface area contributed by atoms with Crippen molar-refractivity contribution in [3.8, 4) is 11.5 Å². The number of carbonyl (C=O) groups is 1. The number of benzene rings is 2. The Kier molecular flexibility index (Phi) is 5.56. The van der Waals surface area contributed by atoms with Crippen LogP contribution in [0.15, 0.2) is 53.4 Å². The number of piperazine rings is 1. The molecule has 2 aromatic carbocycles. The summed E-state index contributed by atoms with van der Waals surface area (Å²) in [6.45, 7) is 0.388. The molecule has 2 aliphatic heterocycles. The summed E-state index contributed by atoms with van der Waals surface area (Å²) in [4.78, 5) is 14.0. The number of para-hydroxylation sites is 2. The lowest BCUT2D eigenvalue weighted by Gasteiger charge is -2.36. The molecule has 2 heterocycles. The van der Waals surface area contributed by atoms with Crippen molar-refractivity contribution < 1.29 is 35.9 Å². The molecule has 7 nitrogen and oxygen atoms in total. The summed E-state index contributed by atoms with van der Waals surface area (Å²) in [6, 6.07) is 10.4. The molecular weight excluding hydrogens is 437 g/mol. The van der Waals surface area contributed by atoms with Crippen molar-refractivity contribution in [3.63, 3.8) is 0 Å². The van der Waals surface area contributed by atoms with Crippen LogP contribution in [0.25, 0.3) is 0 Å². The highest BCUT2D eigenvalue weighted by atomic mass is 32.2. The second-order valence-electron chi connectivity index (χ2n) is 7.12. The van der Waals surface area contributed by atoms with E-state index in [2.05, 4.69) is 0 Å². The van der Waals surface area contributed by atoms with Crippen LogP contribution in [0.2, 0.25) is 0 Å². The molecule has 0 spiro atoms. The van der Waals surface area contributed by atoms with Crippen molar-refractivity contribution >= 4 is 15.9 Å². The molecule has 0 bridgehead atoms. The second-order valence-corrected chi connectivity index (χ2v) is 9.05. The maximum Gasteiger partial charge on any atom is 0.416 e. The minimum atomic E-state index is -4.54. The zero-order chi connectivity index (χ0) is 22.2. The standard InChI is InChI=1S/C20H19F3N2O5S/c21-20(22,23)14-5-7-15(8-6-14)31(27,28)25-11-9-24(10-12-25)19(26)18-13-29-16-3-1-2-4-17(16)30-18/h1-8,18H,9-13H2. The third kappa shape index (κ3) is 4.33. The number of hydrogen-bond acceptors (Lipinski definition) is 5. The van der Waals surface area contributed by atoms with Gasteiger partial charge in [-0.25, -0.2) is 8.42 Å². The highest BCUT2D eigenvalue weighted by molar-refractivity contribution is 7.89. The molecular formula is C20H19F3N2O5S. The molecule has 1 atom stereocenters. The van der Waals surface area contributed by atoms with Crippen LogP contribution in [-0.4, -0.2) is 62.4 Å². The van der Waals surface area contributed by atoms with Crippen LogP contribution in [0.4, 0.5) is 13.2 Å². The number of rotatable bonds is 3. The quantitative estimate of drug-likeness (QED) is 0.709. The van der Waals surface area contributed by atoms with Gasteiger partial charge in [-0.1, -0.05) is 12.1 Å². The SMILES string of the molecule is O=C(C1COc2ccccc2O1)N1CCN(S(=O)(=O)c2ccc(C(F)(F)F)cc2)CC1. The van der Waals surface area contributed by atoms with Crippen molar-refractivity contribution in [2.24, 2.45) is 0 Å². The summed E-state index contributed by atoms with van der Waals surface area (Å²) in [5.74, 6) is 0.718. The lowest BCUT2D eigenvalue weighted by molar-refractivity contribution is -0.142. The molecule has 0 N–H and O–H groups in total. The topological polar surface area (TPSA) is 76.2 Å². The first-order valence-corrected chi connectivity index (χ1v) is 10.9. The van der Waals surface area contributed by atoms with Crippen LogP contribution in [0.3, 0.4) is 0 Å². The number of hydrogen-bond donors (Lipinski definition) is 0. The number of carbonyl (C=O) groups excluding carboxylic acids is 1. The van der Waals surface area contributed by atoms with E-state index in [4.69, 9.17) is 9.47 Å². The summed E-state index contributed by atoms with van der Waals surface area (Å²) in [5.41, 5.74) is -0.918. The third-order valence-electron chi connectivity index (χ3n) is 5.15. The number of halogens is 3. The van der Waals surface area contributed by atoms with Gasteiger partial charge in [-0.15, -0.1) is 0 Å². The molecule has 4 rings (SSSR count). The summed E-state index contributed by atoms with van der Waals surface area (Å²) >= 11 is 0. The first-order valence-electron chi connectivity index (χ1n) is 9.51. The monoisotopic (exact) mass is 456 g/mol. The number of fused-ring (bicyclic) bond motifs is 1. The second kappa shape index (κ2) is 8.04. The lowest BCUT2D eigenvalue weighted by atomic mass is 10.2. The van der Waals surface area contributed by atoms with Gasteiger partial charge in [0.2, 0.25) is 16.1 Å². The van der Waals surface area contributed by atoms with Gasteiger partial charge in [0.05, 0.1) is 10.5 Å². The molecule has 2 aromatic rings. The smallest absolute Gasteiger partial charge is 0.416 e. The van der Waals surface area contributed by atoms with Crippen molar-refractivity contribution in [1.29, 1.82) is 0 Å². The van der Waals surface area contributed by atoms with Gasteiger partial charge >= 0.3 is 6.18 Å². The molecule has 1 fully saturated rings. The van der Waals surface area contributed by atoms with E-state index >= 15 is 0 Å². The number of ether oxygens (including phenoxy) is 2. The Morgan fingerprint density at radius 3 is 2.16 bits per heavy atom. The van der Waals surface area contributed by atoms with E-state index in [1.54, 1.807) is 24.3 Å². The number of sulfonamides is 1. The molecule has 1 amide bonds. The van der Waals surface area contributed by atoms with Gasteiger partial charge in [0.1, 0.15) is 6.61 Å². The minimum absolute atomic E-state index is 0.0270. The summed E-state index contributed by atoms with van der Waals surface area (Å²) in [6.07, 6.45) is -5.37. The van der Waals surface area contributed by atoms with Gasteiger partial charge in [-0.05, 0) is 36.4 Å². The van der Waals surface area contributed by atoms with Gasteiger partial charge in [-0.2, -0.15) is 17.5 Å². The van der Waals surface area contributed by atoms with Crippen LogP contribution in [0.5, 0.6) is 11.5 Å². The van der Waals surface area contributed by atoms with Crippen molar-refractivity contribution in [3.05, 3.63) is 54.1 Å². The van der Waals surface area contributed by atoms with Gasteiger partial charge in [0.15, 0.2) is 11.5 Å². The fourth-order valence-electron chi connectivity index (χ4n) is 3.46. The summed E-state index contributed by atoms with van der Waals surface area (Å²) in [7, 11) is -3.97. The molecule has 0 aromatic heterocycles. The molecule has 166 valence electrons. The number of nitrogens with zero attached hydrogens (tertiary/aromatic N) is 2. The summed E-state index contributed by atoms with van der Waals surface area (Å²) in [5, 5.41) is 0. The van der Waals surface area contributed by atoms with Gasteiger partial charge in [0.25, 0.3) is 5.91 Å². The van der Waals surface area contributed by atoms with E-state index in [1.807, 2.05) is 0 Å². The van der Waals surface area contributed by atoms with Crippen molar-refractivity contribution in [2.75, 3.05) is 32.8 Å². The molecule has 1 saturated heterocycles. The van der Waals surface area contributed by atoms with Crippen molar-refractivity contribution in [2.45, 2.75) is 17.2 Å². The highest BCUT2D eigenvalue weighted by Gasteiger charge is 2.36. The van der Waals surface area contributed by atoms with E-state index in [-0.39, 0.29) is 43.6 Å². The molecule has 1 unspecified atom stereocenters. The lowest BCUT2D eigenvalue weighted by Crippen LogP contribution is -2.55. The number of amides is 1. The molecule has 2 aliphatic rings. The zero-order valence-corrected chi connectivity index (χ0v) is 17.0. The maximum absolute atomic E-state index is 12.8. The van der Waals surface area contributed by atoms with Gasteiger partial charge in [0, 0.05) is 26.2 Å². The average molecular weight is 456 g/mol. The normalized spacial score (nSPS) is 19.8. The van der Waals surface area contributed by atoms with Crippen molar-refractivity contribution in [1.82, 2.24) is 9.21 Å². The van der Waals surface area contributed by atoms with Crippen LogP contribution in [-0.2, 0) is 21.0 Å². The Hall–Kier alpha value is -2.79. The minimum Gasteiger partial charge on any atom is -0.485 e. The van der Waals surface area contributed by atoms with Gasteiger partial charge in [-0.3, -0.25) is 4.79 Å². The van der Waals surface area contributed by atoms with Crippen LogP contribution in [0.1, 0.15) is 5.56 Å². The van der Waals surface area contributed by atoms with E-state index in [1.165, 1.54) is 4.90 Å². The highest BCUT2D eigenvalue weighted by Crippen LogP contribution is 2.32. The Morgan fingerprint density at radius 2 is 1.55 bits per heavy atom. The molecule has 0 saturated carbocycles. The van der Waals surface area contributed by atoms with Crippen LogP contribution < -0.4 is 9.47 Å². The Morgan fingerprint density at radius 1 is 0.935 bits per heavy atom. The van der Waals surface area contributed by atoms with Gasteiger partial charge < -0.3 is 14.4 Å². The summed E-state index contributed by atoms with van der Waals surface area (Å²) < 4.78 is 76.1. The zero-order valence-electron chi connectivity index (χ0n) is 16.2. The maximum atomic E-state index is 12.8. The fourth-order valence-corrected chi connectivity index (χ4v) is 4.88. The predicted octanol–water partition coefficient (Wildman–Crippen LogP) is 2.38. The Bertz CT molecular complexity index is 1060. The van der Waals surface area contributed by atoms with E-state index in [9.17, 15) is 26.4 Å². The Balaban J connectivity index is 1.38. The molecule has 0 aliphatic carbocycles. The van der Waals surface area contributed by atoms with E-state index in [0.717, 1.165) is 28.6 Å². The van der Waals surface area contributed by atoms with Crippen LogP contribution >= 0.6 is 0 Å². The third-order valence-corrected chi connectivity index (χ3v) is 7.07. The fraction of sp³-hybridized carbons (Fsp3) is 0.350. The molecule has 31 heavy (non-hydrogen) atoms. The average Bonchev–Trinajstić information content (AvgIpc) is 2.78. The first-order chi connectivity index (χ1) is 14.7. The predicted molar refractivity (Wildman–Crippen MR) is 103 cm³/mol. The number of alkyl halides is 3. The Labute approximate surface area is 177 Å². The van der Waals surface area contributed by atoms with Crippen LogP contribution in [0, 0.1) is 0 Å². The van der Waals surface area contributed by atoms with E-state index < -0.39 is 27.9 Å². The molecule has 0 radical (unpaired) electrons. The van der Waals surface area contributed by atoms with E-state index in [0.29, 0.717) is 11.5 Å². The first kappa shape index (κ1) is 21.4. The largest absolute Gasteiger partial charge is 0.485 e.